The van der Waals surface area contributed by atoms with Crippen LogP contribution in [-0.4, -0.2) is 33.3 Å². The summed E-state index contributed by atoms with van der Waals surface area (Å²) in [5, 5.41) is 3.06. The van der Waals surface area contributed by atoms with E-state index in [1.807, 2.05) is 23.1 Å². The first-order chi connectivity index (χ1) is 15.0. The average molecular weight is 438 g/mol. The third-order valence-corrected chi connectivity index (χ3v) is 8.23. The molecule has 1 saturated carbocycles. The summed E-state index contributed by atoms with van der Waals surface area (Å²) in [5.74, 6) is 0.378. The monoisotopic (exact) mass is 437 g/mol. The van der Waals surface area contributed by atoms with Crippen LogP contribution in [0.3, 0.4) is 0 Å². The highest BCUT2D eigenvalue weighted by Gasteiger charge is 2.39. The third-order valence-electron chi connectivity index (χ3n) is 6.89. The topological polar surface area (TPSA) is 78.8 Å². The zero-order chi connectivity index (χ0) is 21.5. The number of carbonyl (C=O) groups is 1. The van der Waals surface area contributed by atoms with Crippen LogP contribution in [-0.2, 0) is 15.4 Å². The molecule has 2 aromatic carbocycles. The molecule has 3 aliphatic rings. The maximum Gasteiger partial charge on any atom is 0.286 e. The van der Waals surface area contributed by atoms with Gasteiger partial charge in [-0.05, 0) is 49.4 Å². The summed E-state index contributed by atoms with van der Waals surface area (Å²) in [6, 6.07) is 15.3. The van der Waals surface area contributed by atoms with Gasteiger partial charge in [0.15, 0.2) is 0 Å². The molecule has 6 nitrogen and oxygen atoms in total. The van der Waals surface area contributed by atoms with E-state index in [9.17, 15) is 13.2 Å². The summed E-state index contributed by atoms with van der Waals surface area (Å²) in [5.41, 5.74) is 2.22. The van der Waals surface area contributed by atoms with E-state index in [-0.39, 0.29) is 16.2 Å². The quantitative estimate of drug-likeness (QED) is 0.784. The minimum absolute atomic E-state index is 0.0253. The molecule has 5 rings (SSSR count). The van der Waals surface area contributed by atoms with E-state index in [0.29, 0.717) is 30.1 Å². The number of sulfonamides is 1. The second-order valence-corrected chi connectivity index (χ2v) is 10.4. The van der Waals surface area contributed by atoms with Crippen LogP contribution in [0, 0.1) is 0 Å². The fraction of sp³-hybridized carbons (Fsp3) is 0.417. The van der Waals surface area contributed by atoms with Gasteiger partial charge in [0, 0.05) is 30.5 Å². The summed E-state index contributed by atoms with van der Waals surface area (Å²) >= 11 is 0. The van der Waals surface area contributed by atoms with Crippen LogP contribution in [0.4, 0.5) is 5.69 Å². The molecule has 31 heavy (non-hydrogen) atoms. The Bertz CT molecular complexity index is 1140. The van der Waals surface area contributed by atoms with Gasteiger partial charge in [-0.15, -0.1) is 4.40 Å². The first-order valence-electron chi connectivity index (χ1n) is 11.1. The van der Waals surface area contributed by atoms with Gasteiger partial charge in [0.05, 0.1) is 5.69 Å². The minimum atomic E-state index is -3.80. The van der Waals surface area contributed by atoms with Crippen LogP contribution in [0.1, 0.15) is 60.9 Å². The molecular formula is C24H27N3O3S. The lowest BCUT2D eigenvalue weighted by atomic mass is 9.64. The van der Waals surface area contributed by atoms with E-state index in [4.69, 9.17) is 0 Å². The zero-order valence-corrected chi connectivity index (χ0v) is 18.3. The number of nitrogens with one attached hydrogen (secondary N) is 1. The van der Waals surface area contributed by atoms with E-state index in [1.165, 1.54) is 11.6 Å². The van der Waals surface area contributed by atoms with Crippen LogP contribution in [0.5, 0.6) is 0 Å². The Balaban J connectivity index is 1.39. The Labute approximate surface area is 183 Å². The van der Waals surface area contributed by atoms with Crippen molar-refractivity contribution in [2.45, 2.75) is 55.3 Å². The number of hydrogen-bond acceptors (Lipinski definition) is 4. The Morgan fingerprint density at radius 2 is 1.84 bits per heavy atom. The normalized spacial score (nSPS) is 21.0. The van der Waals surface area contributed by atoms with Crippen molar-refractivity contribution >= 4 is 27.5 Å². The number of benzene rings is 2. The summed E-state index contributed by atoms with van der Waals surface area (Å²) in [7, 11) is -3.80. The van der Waals surface area contributed by atoms with Gasteiger partial charge >= 0.3 is 0 Å². The number of amides is 1. The third kappa shape index (κ3) is 3.65. The van der Waals surface area contributed by atoms with Crippen molar-refractivity contribution in [1.29, 1.82) is 0 Å². The van der Waals surface area contributed by atoms with Gasteiger partial charge in [-0.2, -0.15) is 8.42 Å². The molecule has 7 heteroatoms. The van der Waals surface area contributed by atoms with E-state index in [2.05, 4.69) is 21.8 Å². The highest BCUT2D eigenvalue weighted by Crippen LogP contribution is 2.43. The van der Waals surface area contributed by atoms with Crippen molar-refractivity contribution in [1.82, 2.24) is 5.32 Å². The van der Waals surface area contributed by atoms with Gasteiger partial charge in [0.1, 0.15) is 10.7 Å². The smallest absolute Gasteiger partial charge is 0.286 e. The van der Waals surface area contributed by atoms with Gasteiger partial charge in [0.2, 0.25) is 0 Å². The minimum Gasteiger partial charge on any atom is -0.351 e. The Morgan fingerprint density at radius 1 is 1.03 bits per heavy atom. The van der Waals surface area contributed by atoms with Crippen LogP contribution in [0.15, 0.2) is 57.8 Å². The standard InChI is InChI=1S/C24H27N3O3S/c28-23(25-17-24(13-7-14-24)19-8-3-1-4-9-19)18-11-12-20-21(16-18)31(29,30)26-22-10-5-2-6-15-27(20)22/h1,3-4,8-9,11-12,16H,2,5-7,10,13-15,17H2,(H,25,28). The zero-order valence-electron chi connectivity index (χ0n) is 17.5. The lowest BCUT2D eigenvalue weighted by Gasteiger charge is -2.42. The molecule has 2 fully saturated rings. The van der Waals surface area contributed by atoms with Crippen molar-refractivity contribution in [2.24, 2.45) is 4.40 Å². The summed E-state index contributed by atoms with van der Waals surface area (Å²) in [6.07, 6.45) is 6.92. The number of fused-ring (bicyclic) bond motifs is 3. The molecule has 1 amide bonds. The first kappa shape index (κ1) is 20.2. The predicted octanol–water partition coefficient (Wildman–Crippen LogP) is 4.02. The van der Waals surface area contributed by atoms with Gasteiger partial charge in [-0.25, -0.2) is 0 Å². The number of rotatable bonds is 4. The molecule has 0 aromatic heterocycles. The van der Waals surface area contributed by atoms with E-state index in [0.717, 1.165) is 45.1 Å². The summed E-state index contributed by atoms with van der Waals surface area (Å²) < 4.78 is 29.7. The van der Waals surface area contributed by atoms with Gasteiger partial charge in [-0.1, -0.05) is 43.2 Å². The second-order valence-electron chi connectivity index (χ2n) is 8.81. The van der Waals surface area contributed by atoms with Gasteiger partial charge < -0.3 is 10.2 Å². The SMILES string of the molecule is O=C(NCC1(c2ccccc2)CCC1)c1ccc2c(c1)S(=O)(=O)N=C1CCCCCN12. The summed E-state index contributed by atoms with van der Waals surface area (Å²) in [4.78, 5) is 15.1. The molecule has 1 aliphatic carbocycles. The molecule has 0 spiro atoms. The number of nitrogens with zero attached hydrogens (tertiary/aromatic N) is 2. The lowest BCUT2D eigenvalue weighted by molar-refractivity contribution is 0.0927. The number of hydrogen-bond donors (Lipinski definition) is 1. The number of carbonyl (C=O) groups excluding carboxylic acids is 1. The molecule has 1 N–H and O–H groups in total. The van der Waals surface area contributed by atoms with Gasteiger partial charge in [0.25, 0.3) is 15.9 Å². The van der Waals surface area contributed by atoms with Crippen LogP contribution in [0.2, 0.25) is 0 Å². The molecule has 0 radical (unpaired) electrons. The molecule has 2 heterocycles. The van der Waals surface area contributed by atoms with Crippen molar-refractivity contribution in [2.75, 3.05) is 18.0 Å². The molecule has 1 saturated heterocycles. The van der Waals surface area contributed by atoms with E-state index < -0.39 is 10.0 Å². The average Bonchev–Trinajstić information content (AvgIpc) is 2.98. The predicted molar refractivity (Wildman–Crippen MR) is 121 cm³/mol. The lowest BCUT2D eigenvalue weighted by Crippen LogP contribution is -2.45. The first-order valence-corrected chi connectivity index (χ1v) is 12.5. The maximum absolute atomic E-state index is 12.9. The highest BCUT2D eigenvalue weighted by atomic mass is 32.2. The largest absolute Gasteiger partial charge is 0.351 e. The van der Waals surface area contributed by atoms with Crippen LogP contribution >= 0.6 is 0 Å². The maximum atomic E-state index is 12.9. The highest BCUT2D eigenvalue weighted by molar-refractivity contribution is 7.90. The number of anilines is 1. The number of amidine groups is 1. The van der Waals surface area contributed by atoms with E-state index >= 15 is 0 Å². The second kappa shape index (κ2) is 7.79. The molecule has 0 bridgehead atoms. The molecular weight excluding hydrogens is 410 g/mol. The molecule has 2 aromatic rings. The molecule has 2 aliphatic heterocycles. The molecule has 0 atom stereocenters. The fourth-order valence-corrected chi connectivity index (χ4v) is 6.22. The van der Waals surface area contributed by atoms with Gasteiger partial charge in [-0.3, -0.25) is 4.79 Å². The van der Waals surface area contributed by atoms with Crippen molar-refractivity contribution < 1.29 is 13.2 Å². The molecule has 0 unspecified atom stereocenters. The van der Waals surface area contributed by atoms with E-state index in [1.54, 1.807) is 12.1 Å². The van der Waals surface area contributed by atoms with Crippen LogP contribution in [0.25, 0.3) is 0 Å². The Morgan fingerprint density at radius 3 is 2.58 bits per heavy atom. The fourth-order valence-electron chi connectivity index (χ4n) is 4.94. The van der Waals surface area contributed by atoms with Crippen LogP contribution < -0.4 is 10.2 Å². The Kier molecular flexibility index (Phi) is 5.08. The van der Waals surface area contributed by atoms with Crippen molar-refractivity contribution in [3.8, 4) is 0 Å². The van der Waals surface area contributed by atoms with Crippen molar-refractivity contribution in [3.05, 3.63) is 59.7 Å². The molecule has 162 valence electrons. The summed E-state index contributed by atoms with van der Waals surface area (Å²) in [6.45, 7) is 1.31. The Hall–Kier alpha value is -2.67. The van der Waals surface area contributed by atoms with Crippen molar-refractivity contribution in [3.63, 3.8) is 0 Å².